The summed E-state index contributed by atoms with van der Waals surface area (Å²) in [7, 11) is 1.92. The van der Waals surface area contributed by atoms with Gasteiger partial charge in [-0.1, -0.05) is 0 Å². The normalized spacial score (nSPS) is 18.7. The summed E-state index contributed by atoms with van der Waals surface area (Å²) >= 11 is 1.71. The maximum atomic E-state index is 12.5. The molecule has 5 heteroatoms. The molecule has 0 bridgehead atoms. The third-order valence-corrected chi connectivity index (χ3v) is 4.80. The van der Waals surface area contributed by atoms with Crippen LogP contribution in [0.5, 0.6) is 0 Å². The largest absolute Gasteiger partial charge is 0.335 e. The first-order chi connectivity index (χ1) is 9.63. The van der Waals surface area contributed by atoms with Gasteiger partial charge in [0.15, 0.2) is 0 Å². The summed E-state index contributed by atoms with van der Waals surface area (Å²) in [4.78, 5) is 17.0. The van der Waals surface area contributed by atoms with Gasteiger partial charge in [0.05, 0.1) is 18.7 Å². The Balaban J connectivity index is 1.73. The number of aromatic nitrogens is 2. The molecule has 2 aromatic heterocycles. The lowest BCUT2D eigenvalue weighted by atomic mass is 10.1. The van der Waals surface area contributed by atoms with Crippen molar-refractivity contribution < 1.29 is 4.79 Å². The van der Waals surface area contributed by atoms with E-state index in [2.05, 4.69) is 24.2 Å². The molecule has 1 aliphatic rings. The zero-order chi connectivity index (χ0) is 14.1. The molecule has 1 atom stereocenters. The van der Waals surface area contributed by atoms with E-state index in [9.17, 15) is 4.79 Å². The SMILES string of the molecule is Cc1ccc(CC(=O)N2CCC[C@H]2c2cnn(C)c2)s1. The number of aryl methyl sites for hydroxylation is 2. The van der Waals surface area contributed by atoms with Gasteiger partial charge in [0.25, 0.3) is 0 Å². The van der Waals surface area contributed by atoms with E-state index in [4.69, 9.17) is 0 Å². The molecule has 106 valence electrons. The van der Waals surface area contributed by atoms with Crippen LogP contribution in [0.4, 0.5) is 0 Å². The van der Waals surface area contributed by atoms with Crippen molar-refractivity contribution in [2.75, 3.05) is 6.54 Å². The van der Waals surface area contributed by atoms with Crippen LogP contribution in [-0.2, 0) is 18.3 Å². The fourth-order valence-corrected chi connectivity index (χ4v) is 3.74. The van der Waals surface area contributed by atoms with E-state index in [-0.39, 0.29) is 11.9 Å². The molecule has 20 heavy (non-hydrogen) atoms. The minimum atomic E-state index is 0.206. The van der Waals surface area contributed by atoms with Crippen molar-refractivity contribution in [2.45, 2.75) is 32.2 Å². The molecule has 3 heterocycles. The molecule has 0 aromatic carbocycles. The summed E-state index contributed by atoms with van der Waals surface area (Å²) in [5.41, 5.74) is 1.15. The second-order valence-electron chi connectivity index (χ2n) is 5.38. The van der Waals surface area contributed by atoms with Crippen molar-refractivity contribution >= 4 is 17.2 Å². The highest BCUT2D eigenvalue weighted by Gasteiger charge is 2.30. The quantitative estimate of drug-likeness (QED) is 0.871. The Hall–Kier alpha value is -1.62. The maximum absolute atomic E-state index is 12.5. The van der Waals surface area contributed by atoms with Crippen molar-refractivity contribution in [3.63, 3.8) is 0 Å². The highest BCUT2D eigenvalue weighted by atomic mass is 32.1. The van der Waals surface area contributed by atoms with Crippen LogP contribution >= 0.6 is 11.3 Å². The van der Waals surface area contributed by atoms with Crippen LogP contribution in [0.25, 0.3) is 0 Å². The Morgan fingerprint density at radius 3 is 3.00 bits per heavy atom. The third-order valence-electron chi connectivity index (χ3n) is 3.80. The fraction of sp³-hybridized carbons (Fsp3) is 0.467. The Bertz CT molecular complexity index is 616. The molecule has 0 aliphatic carbocycles. The lowest BCUT2D eigenvalue weighted by Gasteiger charge is -2.23. The summed E-state index contributed by atoms with van der Waals surface area (Å²) in [5.74, 6) is 0.234. The molecule has 1 aliphatic heterocycles. The number of hydrogen-bond donors (Lipinski definition) is 0. The van der Waals surface area contributed by atoms with Crippen molar-refractivity contribution in [1.29, 1.82) is 0 Å². The second-order valence-corrected chi connectivity index (χ2v) is 6.75. The average Bonchev–Trinajstić information content (AvgIpc) is 3.09. The minimum absolute atomic E-state index is 0.206. The fourth-order valence-electron chi connectivity index (χ4n) is 2.85. The molecule has 0 unspecified atom stereocenters. The Morgan fingerprint density at radius 2 is 2.35 bits per heavy atom. The van der Waals surface area contributed by atoms with Gasteiger partial charge in [0, 0.05) is 35.1 Å². The van der Waals surface area contributed by atoms with Crippen LogP contribution in [0.15, 0.2) is 24.5 Å². The lowest BCUT2D eigenvalue weighted by molar-refractivity contribution is -0.131. The van der Waals surface area contributed by atoms with E-state index in [1.54, 1.807) is 16.0 Å². The third kappa shape index (κ3) is 2.63. The number of carbonyl (C=O) groups is 1. The van der Waals surface area contributed by atoms with Crippen LogP contribution in [0.3, 0.4) is 0 Å². The first-order valence-electron chi connectivity index (χ1n) is 6.97. The molecular weight excluding hydrogens is 270 g/mol. The van der Waals surface area contributed by atoms with Gasteiger partial charge in [0.1, 0.15) is 0 Å². The molecule has 0 N–H and O–H groups in total. The predicted molar refractivity (Wildman–Crippen MR) is 79.7 cm³/mol. The van der Waals surface area contributed by atoms with Crippen LogP contribution in [0.1, 0.15) is 34.2 Å². The van der Waals surface area contributed by atoms with Crippen molar-refractivity contribution in [3.05, 3.63) is 39.8 Å². The number of nitrogens with zero attached hydrogens (tertiary/aromatic N) is 3. The standard InChI is InChI=1S/C15H19N3OS/c1-11-5-6-13(20-11)8-15(19)18-7-3-4-14(18)12-9-16-17(2)10-12/h5-6,9-10,14H,3-4,7-8H2,1-2H3/t14-/m0/s1. The van der Waals surface area contributed by atoms with Crippen LogP contribution in [-0.4, -0.2) is 27.1 Å². The van der Waals surface area contributed by atoms with Gasteiger partial charge in [-0.05, 0) is 31.9 Å². The molecule has 1 fully saturated rings. The molecule has 1 amide bonds. The number of thiophene rings is 1. The van der Waals surface area contributed by atoms with E-state index in [0.29, 0.717) is 6.42 Å². The molecule has 0 saturated carbocycles. The van der Waals surface area contributed by atoms with E-state index >= 15 is 0 Å². The van der Waals surface area contributed by atoms with Gasteiger partial charge in [-0.15, -0.1) is 11.3 Å². The minimum Gasteiger partial charge on any atom is -0.335 e. The number of amides is 1. The number of carbonyl (C=O) groups excluding carboxylic acids is 1. The van der Waals surface area contributed by atoms with Crippen LogP contribution < -0.4 is 0 Å². The van der Waals surface area contributed by atoms with E-state index < -0.39 is 0 Å². The van der Waals surface area contributed by atoms with E-state index in [1.165, 1.54) is 4.88 Å². The van der Waals surface area contributed by atoms with Gasteiger partial charge in [-0.2, -0.15) is 5.10 Å². The van der Waals surface area contributed by atoms with E-state index in [0.717, 1.165) is 29.8 Å². The number of hydrogen-bond acceptors (Lipinski definition) is 3. The molecule has 4 nitrogen and oxygen atoms in total. The summed E-state index contributed by atoms with van der Waals surface area (Å²) < 4.78 is 1.80. The predicted octanol–water partition coefficient (Wildman–Crippen LogP) is 2.70. The van der Waals surface area contributed by atoms with Crippen molar-refractivity contribution in [3.8, 4) is 0 Å². The zero-order valence-corrected chi connectivity index (χ0v) is 12.7. The van der Waals surface area contributed by atoms with Crippen molar-refractivity contribution in [1.82, 2.24) is 14.7 Å². The monoisotopic (exact) mass is 289 g/mol. The van der Waals surface area contributed by atoms with Gasteiger partial charge >= 0.3 is 0 Å². The zero-order valence-electron chi connectivity index (χ0n) is 11.9. The Morgan fingerprint density at radius 1 is 1.50 bits per heavy atom. The Kier molecular flexibility index (Phi) is 3.61. The molecular formula is C15H19N3OS. The molecule has 1 saturated heterocycles. The molecule has 3 rings (SSSR count). The molecule has 0 spiro atoms. The highest BCUT2D eigenvalue weighted by Crippen LogP contribution is 2.32. The van der Waals surface area contributed by atoms with Gasteiger partial charge in [0.2, 0.25) is 5.91 Å². The van der Waals surface area contributed by atoms with E-state index in [1.807, 2.05) is 24.3 Å². The number of likely N-dealkylation sites (tertiary alicyclic amines) is 1. The topological polar surface area (TPSA) is 38.1 Å². The molecule has 2 aromatic rings. The highest BCUT2D eigenvalue weighted by molar-refractivity contribution is 7.12. The first-order valence-corrected chi connectivity index (χ1v) is 7.78. The van der Waals surface area contributed by atoms with Crippen LogP contribution in [0.2, 0.25) is 0 Å². The summed E-state index contributed by atoms with van der Waals surface area (Å²) in [6.07, 6.45) is 6.54. The maximum Gasteiger partial charge on any atom is 0.228 e. The van der Waals surface area contributed by atoms with Gasteiger partial charge in [-0.25, -0.2) is 0 Å². The average molecular weight is 289 g/mol. The smallest absolute Gasteiger partial charge is 0.228 e. The number of rotatable bonds is 3. The summed E-state index contributed by atoms with van der Waals surface area (Å²) in [6, 6.07) is 4.35. The van der Waals surface area contributed by atoms with Crippen LogP contribution in [0, 0.1) is 6.92 Å². The lowest BCUT2D eigenvalue weighted by Crippen LogP contribution is -2.31. The second kappa shape index (κ2) is 5.40. The van der Waals surface area contributed by atoms with Crippen molar-refractivity contribution in [2.24, 2.45) is 7.05 Å². The van der Waals surface area contributed by atoms with Gasteiger partial charge in [-0.3, -0.25) is 9.48 Å². The summed E-state index contributed by atoms with van der Waals surface area (Å²) in [6.45, 7) is 2.94. The summed E-state index contributed by atoms with van der Waals surface area (Å²) in [5, 5.41) is 4.22. The first kappa shape index (κ1) is 13.4. The van der Waals surface area contributed by atoms with Gasteiger partial charge < -0.3 is 4.90 Å². The molecule has 0 radical (unpaired) electrons. The Labute approximate surface area is 123 Å².